The molecule has 0 bridgehead atoms. The standard InChI is InChI=1S/C14H14ClN3O2/c1-18(9-4-3-5-10(6-9)20-2)14(19)11-7-13(15)17-8-12(11)16/h3-8H,16H2,1-2H3. The van der Waals surface area contributed by atoms with Crippen molar-refractivity contribution in [3.05, 3.63) is 47.2 Å². The van der Waals surface area contributed by atoms with Crippen molar-refractivity contribution in [1.82, 2.24) is 4.98 Å². The Bertz CT molecular complexity index is 646. The first-order valence-corrected chi connectivity index (χ1v) is 6.24. The number of benzene rings is 1. The molecule has 20 heavy (non-hydrogen) atoms. The first kappa shape index (κ1) is 14.1. The van der Waals surface area contributed by atoms with Crippen molar-refractivity contribution in [3.63, 3.8) is 0 Å². The fourth-order valence-electron chi connectivity index (χ4n) is 1.74. The average Bonchev–Trinajstić information content (AvgIpc) is 2.48. The summed E-state index contributed by atoms with van der Waals surface area (Å²) in [5.74, 6) is 0.405. The number of amides is 1. The summed E-state index contributed by atoms with van der Waals surface area (Å²) < 4.78 is 5.14. The topological polar surface area (TPSA) is 68.5 Å². The Kier molecular flexibility index (Phi) is 4.10. The van der Waals surface area contributed by atoms with Gasteiger partial charge >= 0.3 is 0 Å². The maximum atomic E-state index is 12.4. The van der Waals surface area contributed by atoms with Crippen LogP contribution in [0.25, 0.3) is 0 Å². The predicted molar refractivity (Wildman–Crippen MR) is 79.4 cm³/mol. The summed E-state index contributed by atoms with van der Waals surface area (Å²) in [4.78, 5) is 17.7. The lowest BCUT2D eigenvalue weighted by atomic mass is 10.2. The summed E-state index contributed by atoms with van der Waals surface area (Å²) >= 11 is 5.80. The fourth-order valence-corrected chi connectivity index (χ4v) is 1.90. The summed E-state index contributed by atoms with van der Waals surface area (Å²) in [6.07, 6.45) is 1.37. The SMILES string of the molecule is COc1cccc(N(C)C(=O)c2cc(Cl)ncc2N)c1. The Morgan fingerprint density at radius 3 is 2.85 bits per heavy atom. The van der Waals surface area contributed by atoms with E-state index in [1.165, 1.54) is 17.2 Å². The second-order valence-electron chi connectivity index (χ2n) is 4.16. The number of carbonyl (C=O) groups is 1. The zero-order valence-corrected chi connectivity index (χ0v) is 11.9. The molecule has 0 radical (unpaired) electrons. The average molecular weight is 292 g/mol. The van der Waals surface area contributed by atoms with E-state index in [9.17, 15) is 4.79 Å². The van der Waals surface area contributed by atoms with Gasteiger partial charge in [-0.15, -0.1) is 0 Å². The molecule has 0 aliphatic rings. The lowest BCUT2D eigenvalue weighted by Gasteiger charge is -2.19. The molecule has 0 saturated carbocycles. The minimum absolute atomic E-state index is 0.224. The molecule has 0 aliphatic heterocycles. The molecule has 0 aliphatic carbocycles. The van der Waals surface area contributed by atoms with Crippen molar-refractivity contribution >= 4 is 28.9 Å². The van der Waals surface area contributed by atoms with Crippen molar-refractivity contribution < 1.29 is 9.53 Å². The van der Waals surface area contributed by atoms with Gasteiger partial charge in [-0.3, -0.25) is 4.79 Å². The van der Waals surface area contributed by atoms with Crippen LogP contribution in [0.2, 0.25) is 5.15 Å². The lowest BCUT2D eigenvalue weighted by molar-refractivity contribution is 0.0994. The maximum Gasteiger partial charge on any atom is 0.260 e. The Hall–Kier alpha value is -2.27. The number of nitrogen functional groups attached to an aromatic ring is 1. The molecule has 1 aromatic heterocycles. The number of hydrogen-bond acceptors (Lipinski definition) is 4. The summed E-state index contributed by atoms with van der Waals surface area (Å²) in [6.45, 7) is 0. The molecular formula is C14H14ClN3O2. The molecule has 6 heteroatoms. The molecule has 0 fully saturated rings. The van der Waals surface area contributed by atoms with Gasteiger partial charge in [-0.25, -0.2) is 4.98 Å². The van der Waals surface area contributed by atoms with Gasteiger partial charge < -0.3 is 15.4 Å². The van der Waals surface area contributed by atoms with Gasteiger partial charge in [-0.05, 0) is 18.2 Å². The third-order valence-electron chi connectivity index (χ3n) is 2.88. The van der Waals surface area contributed by atoms with Crippen LogP contribution in [0.15, 0.2) is 36.5 Å². The normalized spacial score (nSPS) is 10.2. The van der Waals surface area contributed by atoms with E-state index >= 15 is 0 Å². The van der Waals surface area contributed by atoms with E-state index in [0.717, 1.165) is 0 Å². The number of halogens is 1. The van der Waals surface area contributed by atoms with Crippen molar-refractivity contribution in [1.29, 1.82) is 0 Å². The van der Waals surface area contributed by atoms with Crippen LogP contribution >= 0.6 is 11.6 Å². The van der Waals surface area contributed by atoms with E-state index in [1.54, 1.807) is 38.4 Å². The molecule has 1 aromatic carbocycles. The van der Waals surface area contributed by atoms with Gasteiger partial charge in [0, 0.05) is 18.8 Å². The minimum Gasteiger partial charge on any atom is -0.497 e. The predicted octanol–water partition coefficient (Wildman–Crippen LogP) is 2.60. The van der Waals surface area contributed by atoms with E-state index in [-0.39, 0.29) is 16.7 Å². The van der Waals surface area contributed by atoms with E-state index in [0.29, 0.717) is 17.0 Å². The summed E-state index contributed by atoms with van der Waals surface area (Å²) in [6, 6.07) is 8.63. The molecule has 2 aromatic rings. The molecule has 0 saturated heterocycles. The maximum absolute atomic E-state index is 12.4. The van der Waals surface area contributed by atoms with Crippen LogP contribution in [0.3, 0.4) is 0 Å². The first-order chi connectivity index (χ1) is 9.52. The van der Waals surface area contributed by atoms with E-state index in [2.05, 4.69) is 4.98 Å². The van der Waals surface area contributed by atoms with Crippen molar-refractivity contribution in [2.45, 2.75) is 0 Å². The third kappa shape index (κ3) is 2.83. The Labute approximate surface area is 121 Å². The Morgan fingerprint density at radius 2 is 2.15 bits per heavy atom. The molecule has 0 unspecified atom stereocenters. The molecule has 104 valence electrons. The zero-order valence-electron chi connectivity index (χ0n) is 11.1. The summed E-state index contributed by atoms with van der Waals surface area (Å²) in [5.41, 5.74) is 7.07. The summed E-state index contributed by atoms with van der Waals surface area (Å²) in [7, 11) is 3.23. The number of anilines is 2. The van der Waals surface area contributed by atoms with Gasteiger partial charge in [0.15, 0.2) is 0 Å². The fraction of sp³-hybridized carbons (Fsp3) is 0.143. The molecule has 0 atom stereocenters. The van der Waals surface area contributed by atoms with Crippen molar-refractivity contribution in [2.24, 2.45) is 0 Å². The van der Waals surface area contributed by atoms with Gasteiger partial charge in [0.25, 0.3) is 5.91 Å². The number of rotatable bonds is 3. The van der Waals surface area contributed by atoms with Crippen LogP contribution < -0.4 is 15.4 Å². The van der Waals surface area contributed by atoms with Crippen LogP contribution in [-0.2, 0) is 0 Å². The van der Waals surface area contributed by atoms with Crippen molar-refractivity contribution in [2.75, 3.05) is 24.8 Å². The highest BCUT2D eigenvalue weighted by atomic mass is 35.5. The van der Waals surface area contributed by atoms with Gasteiger partial charge in [0.1, 0.15) is 10.9 Å². The molecular weight excluding hydrogens is 278 g/mol. The smallest absolute Gasteiger partial charge is 0.260 e. The number of nitrogens with zero attached hydrogens (tertiary/aromatic N) is 2. The number of ether oxygens (including phenoxy) is 1. The number of methoxy groups -OCH3 is 1. The molecule has 5 nitrogen and oxygen atoms in total. The largest absolute Gasteiger partial charge is 0.497 e. The second kappa shape index (κ2) is 5.79. The van der Waals surface area contributed by atoms with Crippen LogP contribution in [-0.4, -0.2) is 25.0 Å². The van der Waals surface area contributed by atoms with E-state index in [4.69, 9.17) is 22.1 Å². The number of aromatic nitrogens is 1. The molecule has 1 heterocycles. The molecule has 1 amide bonds. The van der Waals surface area contributed by atoms with Crippen LogP contribution in [0, 0.1) is 0 Å². The number of carbonyl (C=O) groups excluding carboxylic acids is 1. The van der Waals surface area contributed by atoms with Crippen LogP contribution in [0.4, 0.5) is 11.4 Å². The Morgan fingerprint density at radius 1 is 1.40 bits per heavy atom. The quantitative estimate of drug-likeness (QED) is 0.883. The van der Waals surface area contributed by atoms with Crippen molar-refractivity contribution in [3.8, 4) is 5.75 Å². The molecule has 0 spiro atoms. The second-order valence-corrected chi connectivity index (χ2v) is 4.55. The molecule has 2 N–H and O–H groups in total. The van der Waals surface area contributed by atoms with E-state index in [1.807, 2.05) is 0 Å². The van der Waals surface area contributed by atoms with E-state index < -0.39 is 0 Å². The van der Waals surface area contributed by atoms with Gasteiger partial charge in [0.05, 0.1) is 24.6 Å². The zero-order chi connectivity index (χ0) is 14.7. The van der Waals surface area contributed by atoms with Gasteiger partial charge in [-0.1, -0.05) is 17.7 Å². The highest BCUT2D eigenvalue weighted by molar-refractivity contribution is 6.30. The van der Waals surface area contributed by atoms with Crippen LogP contribution in [0.1, 0.15) is 10.4 Å². The number of nitrogens with two attached hydrogens (primary N) is 1. The first-order valence-electron chi connectivity index (χ1n) is 5.86. The highest BCUT2D eigenvalue weighted by Gasteiger charge is 2.17. The number of pyridine rings is 1. The summed E-state index contributed by atoms with van der Waals surface area (Å²) in [5, 5.41) is 0.224. The Balaban J connectivity index is 2.34. The molecule has 2 rings (SSSR count). The lowest BCUT2D eigenvalue weighted by Crippen LogP contribution is -2.27. The monoisotopic (exact) mass is 291 g/mol. The third-order valence-corrected chi connectivity index (χ3v) is 3.08. The van der Waals surface area contributed by atoms with Gasteiger partial charge in [-0.2, -0.15) is 0 Å². The van der Waals surface area contributed by atoms with Gasteiger partial charge in [0.2, 0.25) is 0 Å². The van der Waals surface area contributed by atoms with Crippen LogP contribution in [0.5, 0.6) is 5.75 Å². The number of hydrogen-bond donors (Lipinski definition) is 1. The highest BCUT2D eigenvalue weighted by Crippen LogP contribution is 2.23. The minimum atomic E-state index is -0.264.